The van der Waals surface area contributed by atoms with Gasteiger partial charge in [0, 0.05) is 36.0 Å². The molecule has 0 aliphatic heterocycles. The molecule has 4 aliphatic rings. The highest BCUT2D eigenvalue weighted by Gasteiger charge is 2.57. The molecule has 0 radical (unpaired) electrons. The summed E-state index contributed by atoms with van der Waals surface area (Å²) >= 11 is 0. The fourth-order valence-corrected chi connectivity index (χ4v) is 8.61. The molecule has 2 amide bonds. The zero-order chi connectivity index (χ0) is 30.7. The quantitative estimate of drug-likeness (QED) is 0.308. The number of rotatable bonds is 7. The van der Waals surface area contributed by atoms with Gasteiger partial charge in [-0.15, -0.1) is 0 Å². The third kappa shape index (κ3) is 5.92. The molecule has 0 spiro atoms. The first-order valence-electron chi connectivity index (χ1n) is 16.5. The SMILES string of the molecule is N#CCC1CCC(n2c(CC(=O)NC34CCC(C(N)=O)(CC3)C4)nc3cnc4[nH]ccc4c32)CC1.N#CCC1CCCCC1. The summed E-state index contributed by atoms with van der Waals surface area (Å²) in [5, 5.41) is 21.8. The van der Waals surface area contributed by atoms with Crippen LogP contribution in [0.3, 0.4) is 0 Å². The van der Waals surface area contributed by atoms with Gasteiger partial charge in [0.25, 0.3) is 0 Å². The molecule has 44 heavy (non-hydrogen) atoms. The number of pyridine rings is 1. The molecule has 0 atom stereocenters. The van der Waals surface area contributed by atoms with Crippen LogP contribution in [0.2, 0.25) is 0 Å². The van der Waals surface area contributed by atoms with Gasteiger partial charge in [-0.1, -0.05) is 19.3 Å². The van der Waals surface area contributed by atoms with Crippen LogP contribution in [-0.4, -0.2) is 36.9 Å². The number of H-pyrrole nitrogens is 1. The van der Waals surface area contributed by atoms with Gasteiger partial charge in [0.15, 0.2) is 0 Å². The molecule has 4 saturated carbocycles. The molecule has 10 nitrogen and oxygen atoms in total. The van der Waals surface area contributed by atoms with E-state index in [9.17, 15) is 9.59 Å². The van der Waals surface area contributed by atoms with Crippen LogP contribution >= 0.6 is 0 Å². The van der Waals surface area contributed by atoms with Crippen LogP contribution in [0.5, 0.6) is 0 Å². The van der Waals surface area contributed by atoms with Crippen LogP contribution in [0.1, 0.15) is 115 Å². The fraction of sp³-hybridized carbons (Fsp3) is 0.647. The standard InChI is InChI=1S/C26H31N7O2.C8H13N/c27-11-5-16-1-3-17(4-2-16)33-20(31-19-14-30-23-18(22(19)33)6-12-29-23)13-21(34)32-26-9-7-25(15-26,8-10-26)24(28)35;9-7-6-8-4-2-1-3-5-8/h6,12,14,16-17H,1-5,7-10,13,15H2,(H2,28,35)(H,29,30)(H,32,34);8H,1-6H2. The van der Waals surface area contributed by atoms with Crippen LogP contribution in [0.25, 0.3) is 22.1 Å². The van der Waals surface area contributed by atoms with Gasteiger partial charge >= 0.3 is 0 Å². The number of nitrogens with zero attached hydrogens (tertiary/aromatic N) is 5. The number of nitrogens with two attached hydrogens (primary N) is 1. The Labute approximate surface area is 258 Å². The lowest BCUT2D eigenvalue weighted by Gasteiger charge is -2.30. The highest BCUT2D eigenvalue weighted by atomic mass is 16.2. The molecule has 0 aromatic carbocycles. The van der Waals surface area contributed by atoms with E-state index in [4.69, 9.17) is 21.2 Å². The van der Waals surface area contributed by atoms with Crippen molar-refractivity contribution < 1.29 is 9.59 Å². The Morgan fingerprint density at radius 1 is 1.00 bits per heavy atom. The van der Waals surface area contributed by atoms with Gasteiger partial charge < -0.3 is 20.6 Å². The molecule has 4 aliphatic carbocycles. The molecule has 4 fully saturated rings. The lowest BCUT2D eigenvalue weighted by atomic mass is 9.83. The van der Waals surface area contributed by atoms with Crippen molar-refractivity contribution in [1.82, 2.24) is 24.8 Å². The summed E-state index contributed by atoms with van der Waals surface area (Å²) in [5.41, 5.74) is 7.56. The number of amides is 2. The van der Waals surface area contributed by atoms with E-state index in [-0.39, 0.29) is 29.8 Å². The van der Waals surface area contributed by atoms with Crippen molar-refractivity contribution in [2.24, 2.45) is 23.0 Å². The average molecular weight is 597 g/mol. The lowest BCUT2D eigenvalue weighted by molar-refractivity contribution is -0.127. The number of hydrogen-bond acceptors (Lipinski definition) is 6. The summed E-state index contributed by atoms with van der Waals surface area (Å²) in [4.78, 5) is 38.0. The normalized spacial score (nSPS) is 28.2. The topological polar surface area (TPSA) is 166 Å². The Bertz CT molecular complexity index is 1580. The number of nitrogens with one attached hydrogen (secondary N) is 2. The second kappa shape index (κ2) is 12.6. The molecule has 3 aromatic rings. The largest absolute Gasteiger partial charge is 0.369 e. The maximum Gasteiger partial charge on any atom is 0.228 e. The number of carbonyl (C=O) groups excluding carboxylic acids is 2. The molecule has 0 unspecified atom stereocenters. The molecule has 0 saturated heterocycles. The monoisotopic (exact) mass is 596 g/mol. The highest BCUT2D eigenvalue weighted by Crippen LogP contribution is 2.56. The smallest absolute Gasteiger partial charge is 0.228 e. The number of aromatic nitrogens is 4. The van der Waals surface area contributed by atoms with Gasteiger partial charge in [0.2, 0.25) is 11.8 Å². The minimum absolute atomic E-state index is 0.0554. The van der Waals surface area contributed by atoms with E-state index in [1.54, 1.807) is 6.20 Å². The number of fused-ring (bicyclic) bond motifs is 5. The zero-order valence-electron chi connectivity index (χ0n) is 25.6. The number of hydrogen-bond donors (Lipinski definition) is 3. The fourth-order valence-electron chi connectivity index (χ4n) is 8.61. The second-order valence-corrected chi connectivity index (χ2v) is 13.9. The molecule has 232 valence electrons. The maximum atomic E-state index is 13.3. The van der Waals surface area contributed by atoms with E-state index in [0.717, 1.165) is 91.6 Å². The molecular weight excluding hydrogens is 552 g/mol. The lowest BCUT2D eigenvalue weighted by Crippen LogP contribution is -2.46. The van der Waals surface area contributed by atoms with E-state index < -0.39 is 5.41 Å². The number of carbonyl (C=O) groups is 2. The Morgan fingerprint density at radius 2 is 1.68 bits per heavy atom. The molecule has 3 aromatic heterocycles. The van der Waals surface area contributed by atoms with E-state index >= 15 is 0 Å². The van der Waals surface area contributed by atoms with Gasteiger partial charge in [-0.25, -0.2) is 9.97 Å². The van der Waals surface area contributed by atoms with Crippen LogP contribution in [-0.2, 0) is 16.0 Å². The number of nitriles is 2. The number of primary amides is 1. The number of imidazole rings is 1. The van der Waals surface area contributed by atoms with E-state index in [2.05, 4.69) is 32.0 Å². The summed E-state index contributed by atoms with van der Waals surface area (Å²) in [6.07, 6.45) is 19.6. The Balaban J connectivity index is 0.000000329. The Hall–Kier alpha value is -3.92. The summed E-state index contributed by atoms with van der Waals surface area (Å²) in [6.45, 7) is 0. The van der Waals surface area contributed by atoms with E-state index in [1.165, 1.54) is 32.1 Å². The molecule has 4 N–H and O–H groups in total. The molecule has 3 heterocycles. The van der Waals surface area contributed by atoms with Crippen LogP contribution in [0.4, 0.5) is 0 Å². The van der Waals surface area contributed by atoms with Crippen LogP contribution in [0.15, 0.2) is 18.5 Å². The average Bonchev–Trinajstić information content (AvgIpc) is 3.80. The first kappa shape index (κ1) is 30.1. The molecule has 10 heteroatoms. The minimum Gasteiger partial charge on any atom is -0.369 e. The van der Waals surface area contributed by atoms with E-state index in [0.29, 0.717) is 18.8 Å². The van der Waals surface area contributed by atoms with Crippen molar-refractivity contribution in [2.45, 2.75) is 121 Å². The second-order valence-electron chi connectivity index (χ2n) is 13.9. The van der Waals surface area contributed by atoms with Crippen molar-refractivity contribution in [2.75, 3.05) is 0 Å². The number of aromatic amines is 1. The summed E-state index contributed by atoms with van der Waals surface area (Å²) in [6, 6.07) is 6.81. The van der Waals surface area contributed by atoms with Crippen LogP contribution < -0.4 is 11.1 Å². The molecule has 7 rings (SSSR count). The van der Waals surface area contributed by atoms with Crippen molar-refractivity contribution >= 4 is 33.9 Å². The highest BCUT2D eigenvalue weighted by molar-refractivity contribution is 6.01. The minimum atomic E-state index is -0.450. The predicted octanol–water partition coefficient (Wildman–Crippen LogP) is 5.88. The predicted molar refractivity (Wildman–Crippen MR) is 167 cm³/mol. The van der Waals surface area contributed by atoms with Crippen molar-refractivity contribution in [1.29, 1.82) is 10.5 Å². The maximum absolute atomic E-state index is 13.3. The first-order chi connectivity index (χ1) is 21.4. The summed E-state index contributed by atoms with van der Waals surface area (Å²) < 4.78 is 2.27. The third-order valence-electron chi connectivity index (χ3n) is 11.1. The van der Waals surface area contributed by atoms with Crippen molar-refractivity contribution in [3.05, 3.63) is 24.3 Å². The third-order valence-corrected chi connectivity index (χ3v) is 11.1. The van der Waals surface area contributed by atoms with Crippen LogP contribution in [0, 0.1) is 39.9 Å². The molecular formula is C34H44N8O2. The van der Waals surface area contributed by atoms with Gasteiger partial charge in [-0.05, 0) is 88.5 Å². The van der Waals surface area contributed by atoms with Gasteiger partial charge in [-0.3, -0.25) is 9.59 Å². The summed E-state index contributed by atoms with van der Waals surface area (Å²) in [7, 11) is 0. The summed E-state index contributed by atoms with van der Waals surface area (Å²) in [5.74, 6) is 1.65. The zero-order valence-corrected chi connectivity index (χ0v) is 25.6. The first-order valence-corrected chi connectivity index (χ1v) is 16.5. The van der Waals surface area contributed by atoms with Gasteiger partial charge in [-0.2, -0.15) is 10.5 Å². The molecule has 2 bridgehead atoms. The van der Waals surface area contributed by atoms with Crippen molar-refractivity contribution in [3.63, 3.8) is 0 Å². The Morgan fingerprint density at radius 3 is 2.32 bits per heavy atom. The Kier molecular flexibility index (Phi) is 8.62. The van der Waals surface area contributed by atoms with Gasteiger partial charge in [0.1, 0.15) is 17.0 Å². The van der Waals surface area contributed by atoms with Gasteiger partial charge in [0.05, 0.1) is 35.7 Å². The van der Waals surface area contributed by atoms with E-state index in [1.807, 2.05) is 12.3 Å². The van der Waals surface area contributed by atoms with Crippen molar-refractivity contribution in [3.8, 4) is 12.1 Å².